The summed E-state index contributed by atoms with van der Waals surface area (Å²) in [6.07, 6.45) is 1.68. The van der Waals surface area contributed by atoms with Gasteiger partial charge in [0.05, 0.1) is 5.57 Å². The summed E-state index contributed by atoms with van der Waals surface area (Å²) in [7, 11) is 0. The van der Waals surface area contributed by atoms with E-state index in [9.17, 15) is 14.7 Å². The molecule has 6 heteroatoms. The highest BCUT2D eigenvalue weighted by atomic mass is 32.1. The molecule has 1 atom stereocenters. The van der Waals surface area contributed by atoms with Gasteiger partial charge in [0, 0.05) is 33.2 Å². The maximum absolute atomic E-state index is 13.2. The molecule has 0 saturated carbocycles. The fraction of sp³-hybridized carbons (Fsp3) is 0.120. The summed E-state index contributed by atoms with van der Waals surface area (Å²) < 4.78 is 0. The number of carbonyl (C=O) groups excluding carboxylic acids is 2. The second kappa shape index (κ2) is 7.25. The topological polar surface area (TPSA) is 73.4 Å². The molecule has 1 aliphatic rings. The minimum absolute atomic E-state index is 0.108. The number of para-hydroxylation sites is 1. The number of fused-ring (bicyclic) bond motifs is 1. The summed E-state index contributed by atoms with van der Waals surface area (Å²) in [5.74, 6) is -1.48. The van der Waals surface area contributed by atoms with Crippen LogP contribution in [0, 0.1) is 13.8 Å². The molecule has 5 rings (SSSR count). The van der Waals surface area contributed by atoms with Crippen LogP contribution >= 0.6 is 11.3 Å². The molecule has 4 aromatic rings. The van der Waals surface area contributed by atoms with Crippen LogP contribution in [0.5, 0.6) is 0 Å². The number of H-pyrrole nitrogens is 1. The lowest BCUT2D eigenvalue weighted by atomic mass is 9.99. The lowest BCUT2D eigenvalue weighted by molar-refractivity contribution is -0.132. The van der Waals surface area contributed by atoms with E-state index in [1.807, 2.05) is 73.8 Å². The van der Waals surface area contributed by atoms with Crippen LogP contribution in [0.15, 0.2) is 71.7 Å². The number of anilines is 1. The molecule has 0 bridgehead atoms. The van der Waals surface area contributed by atoms with Gasteiger partial charge in [-0.1, -0.05) is 30.3 Å². The predicted molar refractivity (Wildman–Crippen MR) is 123 cm³/mol. The summed E-state index contributed by atoms with van der Waals surface area (Å²) in [4.78, 5) is 31.9. The first-order chi connectivity index (χ1) is 15.0. The molecule has 2 aromatic heterocycles. The van der Waals surface area contributed by atoms with Crippen LogP contribution in [-0.4, -0.2) is 21.8 Å². The third-order valence-corrected chi connectivity index (χ3v) is 6.51. The van der Waals surface area contributed by atoms with E-state index < -0.39 is 17.7 Å². The van der Waals surface area contributed by atoms with Gasteiger partial charge in [0.2, 0.25) is 0 Å². The number of ketones is 1. The number of benzene rings is 2. The largest absolute Gasteiger partial charge is 0.507 e. The number of amides is 1. The van der Waals surface area contributed by atoms with Gasteiger partial charge in [-0.05, 0) is 54.6 Å². The van der Waals surface area contributed by atoms with Crippen molar-refractivity contribution in [1.29, 1.82) is 0 Å². The minimum Gasteiger partial charge on any atom is -0.507 e. The molecule has 2 N–H and O–H groups in total. The zero-order chi connectivity index (χ0) is 21.7. The molecule has 1 unspecified atom stereocenters. The molecule has 2 aromatic carbocycles. The fourth-order valence-corrected chi connectivity index (χ4v) is 5.14. The average Bonchev–Trinajstić information content (AvgIpc) is 3.46. The Bertz CT molecular complexity index is 1340. The third kappa shape index (κ3) is 3.07. The van der Waals surface area contributed by atoms with E-state index in [0.717, 1.165) is 26.9 Å². The first-order valence-corrected chi connectivity index (χ1v) is 10.8. The van der Waals surface area contributed by atoms with Gasteiger partial charge in [-0.15, -0.1) is 11.3 Å². The first kappa shape index (κ1) is 19.3. The van der Waals surface area contributed by atoms with Gasteiger partial charge in [0.25, 0.3) is 11.7 Å². The Labute approximate surface area is 183 Å². The molecule has 1 fully saturated rings. The highest BCUT2D eigenvalue weighted by molar-refractivity contribution is 7.10. The van der Waals surface area contributed by atoms with Gasteiger partial charge >= 0.3 is 0 Å². The van der Waals surface area contributed by atoms with E-state index in [-0.39, 0.29) is 11.3 Å². The van der Waals surface area contributed by atoms with Crippen LogP contribution in [0.25, 0.3) is 16.7 Å². The Hall–Kier alpha value is -3.64. The molecular weight excluding hydrogens is 408 g/mol. The zero-order valence-electron chi connectivity index (χ0n) is 17.0. The van der Waals surface area contributed by atoms with E-state index >= 15 is 0 Å². The second-order valence-electron chi connectivity index (χ2n) is 7.78. The number of aliphatic hydroxyl groups is 1. The quantitative estimate of drug-likeness (QED) is 0.258. The molecule has 3 heterocycles. The maximum Gasteiger partial charge on any atom is 0.300 e. The number of aromatic amines is 1. The number of carbonyl (C=O) groups is 2. The molecule has 154 valence electrons. The summed E-state index contributed by atoms with van der Waals surface area (Å²) in [6.45, 7) is 3.92. The average molecular weight is 429 g/mol. The molecule has 31 heavy (non-hydrogen) atoms. The minimum atomic E-state index is -0.685. The summed E-state index contributed by atoms with van der Waals surface area (Å²) in [6, 6.07) is 16.4. The van der Waals surface area contributed by atoms with Crippen LogP contribution in [0.2, 0.25) is 0 Å². The lowest BCUT2D eigenvalue weighted by Crippen LogP contribution is -2.29. The van der Waals surface area contributed by atoms with Crippen molar-refractivity contribution in [3.8, 4) is 0 Å². The number of nitrogens with one attached hydrogen (secondary N) is 1. The number of aliphatic hydroxyl groups excluding tert-OH is 1. The monoisotopic (exact) mass is 428 g/mol. The van der Waals surface area contributed by atoms with Gasteiger partial charge in [-0.2, -0.15) is 0 Å². The molecular formula is C25H20N2O3S. The number of Topliss-reactive ketones (excluding diaryl/α,β-unsaturated/α-hetero) is 1. The number of nitrogens with zero attached hydrogens (tertiary/aromatic N) is 1. The van der Waals surface area contributed by atoms with Crippen LogP contribution in [0.4, 0.5) is 5.69 Å². The highest BCUT2D eigenvalue weighted by Crippen LogP contribution is 2.44. The lowest BCUT2D eigenvalue weighted by Gasteiger charge is -2.25. The van der Waals surface area contributed by atoms with Crippen molar-refractivity contribution in [1.82, 2.24) is 4.98 Å². The Morgan fingerprint density at radius 2 is 1.77 bits per heavy atom. The summed E-state index contributed by atoms with van der Waals surface area (Å²) >= 11 is 1.45. The van der Waals surface area contributed by atoms with E-state index in [4.69, 9.17) is 0 Å². The van der Waals surface area contributed by atoms with Crippen molar-refractivity contribution in [3.63, 3.8) is 0 Å². The smallest absolute Gasteiger partial charge is 0.300 e. The van der Waals surface area contributed by atoms with Crippen molar-refractivity contribution >= 4 is 45.4 Å². The summed E-state index contributed by atoms with van der Waals surface area (Å²) in [5.41, 5.74) is 4.11. The van der Waals surface area contributed by atoms with E-state index in [1.54, 1.807) is 6.20 Å². The van der Waals surface area contributed by atoms with E-state index in [0.29, 0.717) is 11.3 Å². The molecule has 0 aliphatic carbocycles. The van der Waals surface area contributed by atoms with Crippen molar-refractivity contribution in [2.45, 2.75) is 19.9 Å². The Balaban J connectivity index is 1.76. The molecule has 0 spiro atoms. The summed E-state index contributed by atoms with van der Waals surface area (Å²) in [5, 5.41) is 14.0. The Morgan fingerprint density at radius 3 is 2.48 bits per heavy atom. The van der Waals surface area contributed by atoms with Crippen molar-refractivity contribution in [3.05, 3.63) is 93.3 Å². The van der Waals surface area contributed by atoms with Crippen LogP contribution in [0.1, 0.15) is 27.6 Å². The third-order valence-electron chi connectivity index (χ3n) is 5.59. The standard InChI is InChI=1S/C25H20N2O3S/c1-14-10-15(2)12-16(11-14)27-22(20-8-5-9-31-20)21(24(29)25(27)30)23(28)18-13-26-19-7-4-3-6-17(18)19/h3-13,22,26,28H,1-2H3/b23-21-. The van der Waals surface area contributed by atoms with Crippen molar-refractivity contribution in [2.24, 2.45) is 0 Å². The molecule has 1 amide bonds. The van der Waals surface area contributed by atoms with Crippen molar-refractivity contribution in [2.75, 3.05) is 4.90 Å². The number of aromatic nitrogens is 1. The van der Waals surface area contributed by atoms with E-state index in [2.05, 4.69) is 4.98 Å². The Kier molecular flexibility index (Phi) is 4.52. The van der Waals surface area contributed by atoms with Crippen LogP contribution in [-0.2, 0) is 9.59 Å². The Morgan fingerprint density at radius 1 is 1.03 bits per heavy atom. The maximum atomic E-state index is 13.2. The van der Waals surface area contributed by atoms with Gasteiger partial charge in [0.1, 0.15) is 11.8 Å². The second-order valence-corrected chi connectivity index (χ2v) is 8.76. The van der Waals surface area contributed by atoms with Crippen molar-refractivity contribution < 1.29 is 14.7 Å². The number of thiophene rings is 1. The molecule has 1 aliphatic heterocycles. The first-order valence-electron chi connectivity index (χ1n) is 9.95. The number of rotatable bonds is 3. The number of hydrogen-bond donors (Lipinski definition) is 2. The number of aryl methyl sites for hydroxylation is 2. The molecule has 5 nitrogen and oxygen atoms in total. The molecule has 0 radical (unpaired) electrons. The van der Waals surface area contributed by atoms with Crippen LogP contribution in [0.3, 0.4) is 0 Å². The normalized spacial score (nSPS) is 18.3. The van der Waals surface area contributed by atoms with Gasteiger partial charge < -0.3 is 10.1 Å². The number of hydrogen-bond acceptors (Lipinski definition) is 4. The van der Waals surface area contributed by atoms with E-state index in [1.165, 1.54) is 16.2 Å². The highest BCUT2D eigenvalue weighted by Gasteiger charge is 2.47. The van der Waals surface area contributed by atoms with Gasteiger partial charge in [0.15, 0.2) is 0 Å². The molecule has 1 saturated heterocycles. The van der Waals surface area contributed by atoms with Crippen LogP contribution < -0.4 is 4.90 Å². The van der Waals surface area contributed by atoms with Gasteiger partial charge in [-0.3, -0.25) is 14.5 Å². The predicted octanol–water partition coefficient (Wildman–Crippen LogP) is 5.47. The zero-order valence-corrected chi connectivity index (χ0v) is 17.9. The van der Waals surface area contributed by atoms with Gasteiger partial charge in [-0.25, -0.2) is 0 Å². The fourth-order valence-electron chi connectivity index (χ4n) is 4.32. The SMILES string of the molecule is Cc1cc(C)cc(N2C(=O)C(=O)/C(=C(\O)c3c[nH]c4ccccc34)C2c2cccs2)c1.